The Morgan fingerprint density at radius 1 is 1.35 bits per heavy atom. The Labute approximate surface area is 117 Å². The summed E-state index contributed by atoms with van der Waals surface area (Å²) in [4.78, 5) is 15.3. The summed E-state index contributed by atoms with van der Waals surface area (Å²) in [6.07, 6.45) is 0. The van der Waals surface area contributed by atoms with E-state index >= 15 is 0 Å². The molecule has 2 rings (SSSR count). The molecular formula is C15H16N2O3. The van der Waals surface area contributed by atoms with Crippen LogP contribution in [0.2, 0.25) is 0 Å². The minimum absolute atomic E-state index is 0.227. The predicted molar refractivity (Wildman–Crippen MR) is 76.3 cm³/mol. The van der Waals surface area contributed by atoms with E-state index in [1.807, 2.05) is 24.3 Å². The van der Waals surface area contributed by atoms with E-state index in [9.17, 15) is 4.79 Å². The highest BCUT2D eigenvalue weighted by Gasteiger charge is 2.06. The molecule has 2 N–H and O–H groups in total. The third kappa shape index (κ3) is 3.47. The van der Waals surface area contributed by atoms with E-state index < -0.39 is 5.97 Å². The minimum atomic E-state index is -0.958. The van der Waals surface area contributed by atoms with E-state index in [2.05, 4.69) is 10.3 Å². The lowest BCUT2D eigenvalue weighted by Crippen LogP contribution is -2.05. The quantitative estimate of drug-likeness (QED) is 0.875. The number of anilines is 1. The van der Waals surface area contributed by atoms with Gasteiger partial charge in [0, 0.05) is 12.2 Å². The molecule has 5 nitrogen and oxygen atoms in total. The van der Waals surface area contributed by atoms with Crippen LogP contribution in [0.4, 0.5) is 5.82 Å². The number of ether oxygens (including phenoxy) is 1. The molecule has 0 amide bonds. The first-order valence-electron chi connectivity index (χ1n) is 6.17. The zero-order valence-corrected chi connectivity index (χ0v) is 11.4. The van der Waals surface area contributed by atoms with E-state index in [1.165, 1.54) is 6.07 Å². The van der Waals surface area contributed by atoms with Crippen LogP contribution < -0.4 is 10.1 Å². The molecular weight excluding hydrogens is 256 g/mol. The van der Waals surface area contributed by atoms with Gasteiger partial charge in [-0.05, 0) is 36.8 Å². The van der Waals surface area contributed by atoms with Gasteiger partial charge in [0.1, 0.15) is 11.6 Å². The number of carbonyl (C=O) groups is 1. The number of nitrogens with zero attached hydrogens (tertiary/aromatic N) is 1. The molecule has 0 radical (unpaired) electrons. The maximum atomic E-state index is 11.0. The number of nitrogens with one attached hydrogen (secondary N) is 1. The number of hydrogen-bond donors (Lipinski definition) is 2. The molecule has 0 saturated carbocycles. The number of carboxylic acid groups (broad SMARTS) is 1. The molecule has 104 valence electrons. The van der Waals surface area contributed by atoms with Crippen LogP contribution in [0.1, 0.15) is 21.6 Å². The molecule has 0 fully saturated rings. The van der Waals surface area contributed by atoms with E-state index in [-0.39, 0.29) is 5.56 Å². The highest BCUT2D eigenvalue weighted by atomic mass is 16.5. The zero-order chi connectivity index (χ0) is 14.5. The monoisotopic (exact) mass is 272 g/mol. The van der Waals surface area contributed by atoms with Crippen LogP contribution in [0.3, 0.4) is 0 Å². The van der Waals surface area contributed by atoms with Crippen molar-refractivity contribution in [1.29, 1.82) is 0 Å². The molecule has 0 saturated heterocycles. The van der Waals surface area contributed by atoms with Gasteiger partial charge in [0.2, 0.25) is 0 Å². The predicted octanol–water partition coefficient (Wildman–Crippen LogP) is 2.71. The van der Waals surface area contributed by atoms with Crippen molar-refractivity contribution in [2.45, 2.75) is 13.5 Å². The van der Waals surface area contributed by atoms with Gasteiger partial charge in [-0.25, -0.2) is 9.78 Å². The molecule has 20 heavy (non-hydrogen) atoms. The van der Waals surface area contributed by atoms with Crippen molar-refractivity contribution in [2.75, 3.05) is 12.4 Å². The Morgan fingerprint density at radius 3 is 2.85 bits per heavy atom. The standard InChI is InChI=1S/C15H16N2O3/c1-10-6-12(15(18)19)8-14(17-10)16-9-11-4-3-5-13(7-11)20-2/h3-8H,9H2,1-2H3,(H,16,17)(H,18,19). The lowest BCUT2D eigenvalue weighted by Gasteiger charge is -2.09. The van der Waals surface area contributed by atoms with Crippen molar-refractivity contribution >= 4 is 11.8 Å². The van der Waals surface area contributed by atoms with Crippen molar-refractivity contribution in [2.24, 2.45) is 0 Å². The SMILES string of the molecule is COc1cccc(CNc2cc(C(=O)O)cc(C)n2)c1. The van der Waals surface area contributed by atoms with Gasteiger partial charge in [-0.3, -0.25) is 0 Å². The molecule has 0 spiro atoms. The van der Waals surface area contributed by atoms with Crippen LogP contribution in [0.25, 0.3) is 0 Å². The highest BCUT2D eigenvalue weighted by molar-refractivity contribution is 5.88. The molecule has 0 unspecified atom stereocenters. The maximum Gasteiger partial charge on any atom is 0.335 e. The van der Waals surface area contributed by atoms with Gasteiger partial charge < -0.3 is 15.2 Å². The topological polar surface area (TPSA) is 71.5 Å². The molecule has 0 atom stereocenters. The number of aromatic carboxylic acids is 1. The highest BCUT2D eigenvalue weighted by Crippen LogP contribution is 2.15. The number of rotatable bonds is 5. The summed E-state index contributed by atoms with van der Waals surface area (Å²) >= 11 is 0. The van der Waals surface area contributed by atoms with E-state index in [0.717, 1.165) is 11.3 Å². The maximum absolute atomic E-state index is 11.0. The van der Waals surface area contributed by atoms with Crippen LogP contribution in [0, 0.1) is 6.92 Å². The van der Waals surface area contributed by atoms with Gasteiger partial charge in [-0.1, -0.05) is 12.1 Å². The summed E-state index contributed by atoms with van der Waals surface area (Å²) in [6, 6.07) is 10.7. The Kier molecular flexibility index (Phi) is 4.20. The fourth-order valence-corrected chi connectivity index (χ4v) is 1.86. The van der Waals surface area contributed by atoms with Gasteiger partial charge in [0.05, 0.1) is 12.7 Å². The van der Waals surface area contributed by atoms with Gasteiger partial charge in [0.25, 0.3) is 0 Å². The molecule has 2 aromatic rings. The lowest BCUT2D eigenvalue weighted by molar-refractivity contribution is 0.0696. The number of benzene rings is 1. The number of pyridine rings is 1. The molecule has 1 heterocycles. The fraction of sp³-hybridized carbons (Fsp3) is 0.200. The van der Waals surface area contributed by atoms with Crippen LogP contribution in [-0.4, -0.2) is 23.2 Å². The van der Waals surface area contributed by atoms with Crippen LogP contribution in [-0.2, 0) is 6.54 Å². The Morgan fingerprint density at radius 2 is 2.15 bits per heavy atom. The first-order chi connectivity index (χ1) is 9.58. The summed E-state index contributed by atoms with van der Waals surface area (Å²) in [6.45, 7) is 2.32. The van der Waals surface area contributed by atoms with Gasteiger partial charge in [0.15, 0.2) is 0 Å². The number of methoxy groups -OCH3 is 1. The second-order valence-corrected chi connectivity index (χ2v) is 4.39. The smallest absolute Gasteiger partial charge is 0.335 e. The van der Waals surface area contributed by atoms with Crippen molar-refractivity contribution in [3.8, 4) is 5.75 Å². The average molecular weight is 272 g/mol. The Balaban J connectivity index is 2.12. The van der Waals surface area contributed by atoms with Gasteiger partial charge in [-0.15, -0.1) is 0 Å². The summed E-state index contributed by atoms with van der Waals surface area (Å²) < 4.78 is 5.16. The summed E-state index contributed by atoms with van der Waals surface area (Å²) in [5.41, 5.74) is 1.92. The Bertz CT molecular complexity index is 626. The number of carboxylic acids is 1. The van der Waals surface area contributed by atoms with E-state index in [4.69, 9.17) is 9.84 Å². The third-order valence-corrected chi connectivity index (χ3v) is 2.81. The van der Waals surface area contributed by atoms with Gasteiger partial charge in [-0.2, -0.15) is 0 Å². The molecule has 1 aromatic heterocycles. The second-order valence-electron chi connectivity index (χ2n) is 4.39. The molecule has 1 aromatic carbocycles. The van der Waals surface area contributed by atoms with Crippen LogP contribution in [0.15, 0.2) is 36.4 Å². The zero-order valence-electron chi connectivity index (χ0n) is 11.4. The van der Waals surface area contributed by atoms with Crippen LogP contribution >= 0.6 is 0 Å². The lowest BCUT2D eigenvalue weighted by atomic mass is 10.2. The van der Waals surface area contributed by atoms with Crippen molar-refractivity contribution < 1.29 is 14.6 Å². The third-order valence-electron chi connectivity index (χ3n) is 2.81. The summed E-state index contributed by atoms with van der Waals surface area (Å²) in [7, 11) is 1.62. The van der Waals surface area contributed by atoms with Crippen molar-refractivity contribution in [3.63, 3.8) is 0 Å². The van der Waals surface area contributed by atoms with E-state index in [1.54, 1.807) is 20.1 Å². The first-order valence-corrected chi connectivity index (χ1v) is 6.17. The van der Waals surface area contributed by atoms with Crippen LogP contribution in [0.5, 0.6) is 5.75 Å². The Hall–Kier alpha value is -2.56. The average Bonchev–Trinajstić information content (AvgIpc) is 2.44. The molecule has 0 aliphatic rings. The molecule has 0 bridgehead atoms. The normalized spacial score (nSPS) is 10.1. The largest absolute Gasteiger partial charge is 0.497 e. The van der Waals surface area contributed by atoms with E-state index in [0.29, 0.717) is 18.1 Å². The number of aromatic nitrogens is 1. The number of hydrogen-bond acceptors (Lipinski definition) is 4. The van der Waals surface area contributed by atoms with Gasteiger partial charge >= 0.3 is 5.97 Å². The summed E-state index contributed by atoms with van der Waals surface area (Å²) in [5, 5.41) is 12.1. The second kappa shape index (κ2) is 6.06. The van der Waals surface area contributed by atoms with Crippen molar-refractivity contribution in [3.05, 3.63) is 53.2 Å². The first kappa shape index (κ1) is 13.9. The minimum Gasteiger partial charge on any atom is -0.497 e. The summed E-state index contributed by atoms with van der Waals surface area (Å²) in [5.74, 6) is 0.373. The molecule has 5 heteroatoms. The molecule has 0 aliphatic carbocycles. The molecule has 0 aliphatic heterocycles. The number of aryl methyl sites for hydroxylation is 1. The fourth-order valence-electron chi connectivity index (χ4n) is 1.86. The van der Waals surface area contributed by atoms with Crippen molar-refractivity contribution in [1.82, 2.24) is 4.98 Å².